The van der Waals surface area contributed by atoms with Crippen LogP contribution in [0.3, 0.4) is 0 Å². The van der Waals surface area contributed by atoms with Crippen LogP contribution >= 0.6 is 39.0 Å². The maximum Gasteiger partial charge on any atom is 0.267 e. The number of para-hydroxylation sites is 1. The van der Waals surface area contributed by atoms with Crippen LogP contribution in [-0.4, -0.2) is 27.4 Å². The van der Waals surface area contributed by atoms with Crippen molar-refractivity contribution in [1.82, 2.24) is 15.0 Å². The van der Waals surface area contributed by atoms with Crippen LogP contribution in [0, 0.1) is 5.82 Å². The molecule has 1 aliphatic carbocycles. The number of thiophene rings is 1. The number of benzene rings is 2. The Morgan fingerprint density at radius 3 is 2.86 bits per heavy atom. The highest BCUT2D eigenvalue weighted by molar-refractivity contribution is 9.10. The van der Waals surface area contributed by atoms with E-state index in [0.29, 0.717) is 20.7 Å². The number of aryl methyl sites for hydroxylation is 2. The number of carbonyl (C=O) groups excluding carboxylic acids is 1. The molecule has 0 unspecified atom stereocenters. The Morgan fingerprint density at radius 1 is 1.23 bits per heavy atom. The summed E-state index contributed by atoms with van der Waals surface area (Å²) in [6.45, 7) is 0. The lowest BCUT2D eigenvalue weighted by atomic mass is 9.97. The number of nitrogens with one attached hydrogen (secondary N) is 1. The van der Waals surface area contributed by atoms with Crippen molar-refractivity contribution < 1.29 is 9.18 Å². The quantitative estimate of drug-likeness (QED) is 0.144. The van der Waals surface area contributed by atoms with Gasteiger partial charge in [-0.2, -0.15) is 5.10 Å². The van der Waals surface area contributed by atoms with Gasteiger partial charge in [-0.3, -0.25) is 14.2 Å². The molecular weight excluding hydrogens is 551 g/mol. The Morgan fingerprint density at radius 2 is 2.03 bits per heavy atom. The number of hydrazone groups is 1. The molecule has 0 saturated carbocycles. The Bertz CT molecular complexity index is 1500. The molecule has 0 saturated heterocycles. The maximum atomic E-state index is 13.9. The van der Waals surface area contributed by atoms with E-state index in [0.717, 1.165) is 36.1 Å². The fourth-order valence-electron chi connectivity index (χ4n) is 4.04. The van der Waals surface area contributed by atoms with Gasteiger partial charge in [0.05, 0.1) is 23.0 Å². The van der Waals surface area contributed by atoms with E-state index in [9.17, 15) is 14.0 Å². The number of amides is 1. The smallest absolute Gasteiger partial charge is 0.267 e. The van der Waals surface area contributed by atoms with E-state index in [1.165, 1.54) is 28.9 Å². The minimum Gasteiger partial charge on any atom is -0.272 e. The molecule has 5 rings (SSSR count). The summed E-state index contributed by atoms with van der Waals surface area (Å²) in [7, 11) is 0. The van der Waals surface area contributed by atoms with Gasteiger partial charge in [-0.15, -0.1) is 11.3 Å². The van der Waals surface area contributed by atoms with Crippen LogP contribution in [0.5, 0.6) is 0 Å². The third-order valence-corrected chi connectivity index (χ3v) is 8.27. The summed E-state index contributed by atoms with van der Waals surface area (Å²) in [4.78, 5) is 32.9. The van der Waals surface area contributed by atoms with Gasteiger partial charge in [0.25, 0.3) is 11.5 Å². The maximum absolute atomic E-state index is 13.9. The number of hydrogen-bond donors (Lipinski definition) is 1. The molecule has 178 valence electrons. The number of aromatic nitrogens is 2. The lowest BCUT2D eigenvalue weighted by Gasteiger charge is -2.13. The second kappa shape index (κ2) is 10.4. The van der Waals surface area contributed by atoms with Crippen LogP contribution in [0.15, 0.2) is 68.1 Å². The molecule has 1 amide bonds. The van der Waals surface area contributed by atoms with E-state index in [-0.39, 0.29) is 22.8 Å². The van der Waals surface area contributed by atoms with Crippen molar-refractivity contribution in [2.24, 2.45) is 5.10 Å². The highest BCUT2D eigenvalue weighted by atomic mass is 79.9. The molecule has 4 aromatic rings. The topological polar surface area (TPSA) is 76.3 Å². The molecule has 2 aromatic carbocycles. The summed E-state index contributed by atoms with van der Waals surface area (Å²) in [6.07, 6.45) is 5.32. The van der Waals surface area contributed by atoms with Crippen molar-refractivity contribution in [2.45, 2.75) is 30.8 Å². The number of thioether (sulfide) groups is 1. The largest absolute Gasteiger partial charge is 0.272 e. The van der Waals surface area contributed by atoms with Crippen LogP contribution in [-0.2, 0) is 17.6 Å². The van der Waals surface area contributed by atoms with Crippen molar-refractivity contribution in [2.75, 3.05) is 5.75 Å². The first kappa shape index (κ1) is 23.9. The summed E-state index contributed by atoms with van der Waals surface area (Å²) >= 11 is 6.03. The fourth-order valence-corrected chi connectivity index (χ4v) is 6.52. The van der Waals surface area contributed by atoms with Gasteiger partial charge in [-0.25, -0.2) is 14.8 Å². The predicted octanol–water partition coefficient (Wildman–Crippen LogP) is 5.47. The monoisotopic (exact) mass is 570 g/mol. The number of fused-ring (bicyclic) bond motifs is 3. The standard InChI is InChI=1S/C25H20BrFN4O2S2/c26-16-10-11-19(27)15(12-16)13-28-30-21(32)14-34-25-29-23-22(18-8-4-5-9-20(18)35-23)24(33)31(25)17-6-2-1-3-7-17/h1-3,6-7,10-13H,4-5,8-9,14H2,(H,30,32)/b28-13+. The molecule has 1 N–H and O–H groups in total. The third kappa shape index (κ3) is 5.10. The van der Waals surface area contributed by atoms with Crippen LogP contribution in [0.1, 0.15) is 28.8 Å². The zero-order valence-electron chi connectivity index (χ0n) is 18.5. The van der Waals surface area contributed by atoms with Gasteiger partial charge < -0.3 is 0 Å². The first-order valence-corrected chi connectivity index (χ1v) is 13.6. The second-order valence-electron chi connectivity index (χ2n) is 8.01. The molecule has 0 aliphatic heterocycles. The number of hydrogen-bond acceptors (Lipinski definition) is 6. The summed E-state index contributed by atoms with van der Waals surface area (Å²) in [5, 5.41) is 5.01. The van der Waals surface area contributed by atoms with Gasteiger partial charge in [0.1, 0.15) is 10.6 Å². The van der Waals surface area contributed by atoms with E-state index in [1.54, 1.807) is 28.0 Å². The molecule has 2 heterocycles. The average molecular weight is 571 g/mol. The van der Waals surface area contributed by atoms with Crippen LogP contribution in [0.25, 0.3) is 15.9 Å². The Balaban J connectivity index is 1.41. The Labute approximate surface area is 217 Å². The van der Waals surface area contributed by atoms with Gasteiger partial charge in [-0.05, 0) is 61.6 Å². The Kier molecular flexibility index (Phi) is 7.12. The molecule has 0 spiro atoms. The molecule has 10 heteroatoms. The van der Waals surface area contributed by atoms with E-state index in [1.807, 2.05) is 30.3 Å². The normalized spacial score (nSPS) is 13.3. The molecule has 0 fully saturated rings. The van der Waals surface area contributed by atoms with Gasteiger partial charge in [-0.1, -0.05) is 45.9 Å². The summed E-state index contributed by atoms with van der Waals surface area (Å²) in [5.74, 6) is -0.835. The molecule has 2 aromatic heterocycles. The van der Waals surface area contributed by atoms with Crippen molar-refractivity contribution in [1.29, 1.82) is 0 Å². The highest BCUT2D eigenvalue weighted by Gasteiger charge is 2.23. The number of halogens is 2. The zero-order chi connectivity index (χ0) is 24.4. The van der Waals surface area contributed by atoms with Crippen LogP contribution < -0.4 is 11.0 Å². The fraction of sp³-hybridized carbons (Fsp3) is 0.200. The molecule has 0 radical (unpaired) electrons. The highest BCUT2D eigenvalue weighted by Crippen LogP contribution is 2.35. The summed E-state index contributed by atoms with van der Waals surface area (Å²) in [6, 6.07) is 13.8. The van der Waals surface area contributed by atoms with Gasteiger partial charge in [0, 0.05) is 14.9 Å². The molecular formula is C25H20BrFN4O2S2. The van der Waals surface area contributed by atoms with E-state index in [2.05, 4.69) is 26.5 Å². The van der Waals surface area contributed by atoms with Crippen molar-refractivity contribution in [3.8, 4) is 5.69 Å². The first-order valence-electron chi connectivity index (χ1n) is 11.0. The first-order chi connectivity index (χ1) is 17.0. The lowest BCUT2D eigenvalue weighted by Crippen LogP contribution is -2.24. The summed E-state index contributed by atoms with van der Waals surface area (Å²) in [5.41, 5.74) is 4.39. The van der Waals surface area contributed by atoms with Crippen LogP contribution in [0.2, 0.25) is 0 Å². The van der Waals surface area contributed by atoms with Crippen molar-refractivity contribution in [3.63, 3.8) is 0 Å². The molecule has 1 aliphatic rings. The lowest BCUT2D eigenvalue weighted by molar-refractivity contribution is -0.118. The zero-order valence-corrected chi connectivity index (χ0v) is 21.7. The van der Waals surface area contributed by atoms with Gasteiger partial charge in [0.2, 0.25) is 0 Å². The number of nitrogens with zero attached hydrogens (tertiary/aromatic N) is 3. The SMILES string of the molecule is O=C(CSc1nc2sc3c(c2c(=O)n1-c1ccccc1)CCCC3)N/N=C/c1cc(Br)ccc1F. The van der Waals surface area contributed by atoms with Crippen LogP contribution in [0.4, 0.5) is 4.39 Å². The summed E-state index contributed by atoms with van der Waals surface area (Å²) < 4.78 is 16.1. The molecule has 0 bridgehead atoms. The average Bonchev–Trinajstić information content (AvgIpc) is 3.24. The van der Waals surface area contributed by atoms with Gasteiger partial charge in [0.15, 0.2) is 5.16 Å². The van der Waals surface area contributed by atoms with E-state index >= 15 is 0 Å². The number of rotatable bonds is 6. The predicted molar refractivity (Wildman–Crippen MR) is 142 cm³/mol. The van der Waals surface area contributed by atoms with Gasteiger partial charge >= 0.3 is 0 Å². The van der Waals surface area contributed by atoms with E-state index in [4.69, 9.17) is 4.98 Å². The minimum absolute atomic E-state index is 0.00578. The molecule has 6 nitrogen and oxygen atoms in total. The van der Waals surface area contributed by atoms with E-state index < -0.39 is 5.82 Å². The van der Waals surface area contributed by atoms with Crippen molar-refractivity contribution in [3.05, 3.63) is 85.2 Å². The second-order valence-corrected chi connectivity index (χ2v) is 11.0. The minimum atomic E-state index is -0.441. The Hall–Kier alpha value is -2.82. The molecule has 35 heavy (non-hydrogen) atoms. The molecule has 0 atom stereocenters. The van der Waals surface area contributed by atoms with Crippen molar-refractivity contribution >= 4 is 61.4 Å². The number of carbonyl (C=O) groups is 1. The third-order valence-electron chi connectivity index (χ3n) is 5.66.